The predicted octanol–water partition coefficient (Wildman–Crippen LogP) is 1.44. The molecule has 1 aliphatic carbocycles. The third-order valence-electron chi connectivity index (χ3n) is 5.60. The molecule has 1 saturated carbocycles. The Morgan fingerprint density at radius 1 is 1.33 bits per heavy atom. The number of hydrogen-bond acceptors (Lipinski definition) is 5. The first-order valence-corrected chi connectivity index (χ1v) is 10.9. The number of amides is 2. The van der Waals surface area contributed by atoms with Gasteiger partial charge >= 0.3 is 6.09 Å². The van der Waals surface area contributed by atoms with Crippen LogP contribution >= 0.6 is 0 Å². The van der Waals surface area contributed by atoms with Crippen LogP contribution in [0.25, 0.3) is 0 Å². The van der Waals surface area contributed by atoms with E-state index >= 15 is 0 Å². The number of carbonyl (C=O) groups excluding carboxylic acids is 2. The molecule has 4 rings (SSSR count). The van der Waals surface area contributed by atoms with E-state index in [1.54, 1.807) is 19.1 Å². The number of fused-ring (bicyclic) bond motifs is 1. The molecule has 1 N–H and O–H groups in total. The molecule has 2 amide bonds. The van der Waals surface area contributed by atoms with Crippen molar-refractivity contribution in [1.29, 1.82) is 0 Å². The van der Waals surface area contributed by atoms with Crippen LogP contribution < -0.4 is 10.2 Å². The molecule has 0 radical (unpaired) electrons. The van der Waals surface area contributed by atoms with Gasteiger partial charge in [-0.15, -0.1) is 0 Å². The van der Waals surface area contributed by atoms with E-state index in [1.165, 1.54) is 11.0 Å². The normalized spacial score (nSPS) is 30.7. The van der Waals surface area contributed by atoms with Gasteiger partial charge in [-0.05, 0) is 35.4 Å². The zero-order valence-electron chi connectivity index (χ0n) is 14.9. The summed E-state index contributed by atoms with van der Waals surface area (Å²) in [5.41, 5.74) is 0.909. The van der Waals surface area contributed by atoms with Gasteiger partial charge in [0.25, 0.3) is 0 Å². The van der Waals surface area contributed by atoms with E-state index in [4.69, 9.17) is 4.74 Å². The summed E-state index contributed by atoms with van der Waals surface area (Å²) in [5, 5.41) is 2.67. The summed E-state index contributed by atoms with van der Waals surface area (Å²) < 4.78 is 43.0. The minimum Gasteiger partial charge on any atom is -0.442 e. The van der Waals surface area contributed by atoms with Gasteiger partial charge in [0.05, 0.1) is 30.3 Å². The van der Waals surface area contributed by atoms with Crippen LogP contribution in [0, 0.1) is 17.7 Å². The highest BCUT2D eigenvalue weighted by Crippen LogP contribution is 2.59. The van der Waals surface area contributed by atoms with Crippen molar-refractivity contribution in [3.8, 4) is 0 Å². The smallest absolute Gasteiger partial charge is 0.414 e. The van der Waals surface area contributed by atoms with Gasteiger partial charge in [0.15, 0.2) is 9.84 Å². The Balaban J connectivity index is 1.43. The lowest BCUT2D eigenvalue weighted by molar-refractivity contribution is -0.121. The van der Waals surface area contributed by atoms with E-state index < -0.39 is 27.9 Å². The number of halogens is 1. The minimum absolute atomic E-state index is 0.0126. The molecule has 4 atom stereocenters. The number of anilines is 1. The predicted molar refractivity (Wildman–Crippen MR) is 95.7 cm³/mol. The Labute approximate surface area is 156 Å². The Hall–Kier alpha value is -2.16. The SMILES string of the molecule is CCC(=O)NC[C@H]1CN(c2ccc([C@H]3[C@@H]4CS(=O)(=O)C[C@@H]43)c(F)c2)C(=O)O1. The number of ether oxygens (including phenoxy) is 1. The molecule has 2 saturated heterocycles. The van der Waals surface area contributed by atoms with Crippen LogP contribution in [0.15, 0.2) is 18.2 Å². The number of cyclic esters (lactones) is 1. The number of benzene rings is 1. The van der Waals surface area contributed by atoms with Crippen molar-refractivity contribution in [3.63, 3.8) is 0 Å². The fraction of sp³-hybridized carbons (Fsp3) is 0.556. The first-order valence-electron chi connectivity index (χ1n) is 9.04. The maximum absolute atomic E-state index is 14.6. The number of nitrogens with zero attached hydrogens (tertiary/aromatic N) is 1. The van der Waals surface area contributed by atoms with Crippen LogP contribution in [0.5, 0.6) is 0 Å². The van der Waals surface area contributed by atoms with Crippen molar-refractivity contribution < 1.29 is 27.1 Å². The molecule has 27 heavy (non-hydrogen) atoms. The van der Waals surface area contributed by atoms with Gasteiger partial charge in [-0.2, -0.15) is 0 Å². The van der Waals surface area contributed by atoms with Gasteiger partial charge in [0, 0.05) is 6.42 Å². The van der Waals surface area contributed by atoms with E-state index in [1.807, 2.05) is 0 Å². The van der Waals surface area contributed by atoms with Crippen LogP contribution in [-0.4, -0.2) is 51.1 Å². The Bertz CT molecular complexity index is 885. The van der Waals surface area contributed by atoms with Crippen molar-refractivity contribution in [3.05, 3.63) is 29.6 Å². The third kappa shape index (κ3) is 3.40. The molecule has 1 aromatic rings. The number of hydrogen-bond donors (Lipinski definition) is 1. The van der Waals surface area contributed by atoms with Crippen molar-refractivity contribution in [2.24, 2.45) is 11.8 Å². The molecule has 2 aliphatic heterocycles. The van der Waals surface area contributed by atoms with Crippen molar-refractivity contribution in [1.82, 2.24) is 5.32 Å². The van der Waals surface area contributed by atoms with Gasteiger partial charge in [0.2, 0.25) is 5.91 Å². The number of carbonyl (C=O) groups is 2. The molecular formula is C18H21FN2O5S. The van der Waals surface area contributed by atoms with Crippen molar-refractivity contribution in [2.75, 3.05) is 29.5 Å². The Morgan fingerprint density at radius 3 is 2.67 bits per heavy atom. The highest BCUT2D eigenvalue weighted by molar-refractivity contribution is 7.91. The molecule has 0 unspecified atom stereocenters. The maximum Gasteiger partial charge on any atom is 0.414 e. The summed E-state index contributed by atoms with van der Waals surface area (Å²) in [5.74, 6) is -0.320. The lowest BCUT2D eigenvalue weighted by Gasteiger charge is -2.15. The zero-order chi connectivity index (χ0) is 19.3. The zero-order valence-corrected chi connectivity index (χ0v) is 15.7. The molecule has 146 valence electrons. The third-order valence-corrected chi connectivity index (χ3v) is 7.39. The van der Waals surface area contributed by atoms with Gasteiger partial charge < -0.3 is 10.1 Å². The largest absolute Gasteiger partial charge is 0.442 e. The van der Waals surface area contributed by atoms with Gasteiger partial charge in [-0.1, -0.05) is 13.0 Å². The van der Waals surface area contributed by atoms with Crippen LogP contribution in [0.2, 0.25) is 0 Å². The molecule has 7 nitrogen and oxygen atoms in total. The van der Waals surface area contributed by atoms with E-state index in [9.17, 15) is 22.4 Å². The monoisotopic (exact) mass is 396 g/mol. The highest BCUT2D eigenvalue weighted by Gasteiger charge is 2.59. The second-order valence-corrected chi connectivity index (χ2v) is 9.56. The fourth-order valence-corrected chi connectivity index (χ4v) is 6.38. The summed E-state index contributed by atoms with van der Waals surface area (Å²) in [4.78, 5) is 24.7. The molecule has 0 aromatic heterocycles. The number of sulfone groups is 1. The van der Waals surface area contributed by atoms with E-state index in [0.29, 0.717) is 17.7 Å². The average molecular weight is 396 g/mol. The standard InChI is InChI=1S/C18H21FN2O5S/c1-2-16(22)20-6-11-7-21(18(23)26-11)10-3-4-12(15(19)5-10)17-13-8-27(24,25)9-14(13)17/h3-5,11,13-14,17H,2,6-9H2,1H3,(H,20,22)/t11-,13-,14+,17+/m0/s1. The van der Waals surface area contributed by atoms with Gasteiger partial charge in [-0.3, -0.25) is 9.69 Å². The topological polar surface area (TPSA) is 92.8 Å². The van der Waals surface area contributed by atoms with Crippen molar-refractivity contribution >= 4 is 27.5 Å². The van der Waals surface area contributed by atoms with Gasteiger partial charge in [-0.25, -0.2) is 17.6 Å². The maximum atomic E-state index is 14.6. The molecule has 1 aromatic carbocycles. The van der Waals surface area contributed by atoms with E-state index in [0.717, 1.165) is 0 Å². The van der Waals surface area contributed by atoms with Crippen LogP contribution in [0.3, 0.4) is 0 Å². The van der Waals surface area contributed by atoms with Gasteiger partial charge in [0.1, 0.15) is 11.9 Å². The molecule has 0 spiro atoms. The molecule has 2 heterocycles. The van der Waals surface area contributed by atoms with Crippen LogP contribution in [0.1, 0.15) is 24.8 Å². The van der Waals surface area contributed by atoms with Crippen LogP contribution in [-0.2, 0) is 19.4 Å². The first-order chi connectivity index (χ1) is 12.8. The lowest BCUT2D eigenvalue weighted by Crippen LogP contribution is -2.34. The molecule has 3 fully saturated rings. The molecular weight excluding hydrogens is 375 g/mol. The molecule has 9 heteroatoms. The molecule has 3 aliphatic rings. The average Bonchev–Trinajstić information content (AvgIpc) is 2.95. The molecule has 0 bridgehead atoms. The summed E-state index contributed by atoms with van der Waals surface area (Å²) in [6, 6.07) is 4.60. The Kier molecular flexibility index (Phi) is 4.37. The quantitative estimate of drug-likeness (QED) is 0.813. The summed E-state index contributed by atoms with van der Waals surface area (Å²) >= 11 is 0. The van der Waals surface area contributed by atoms with Crippen LogP contribution in [0.4, 0.5) is 14.9 Å². The fourth-order valence-electron chi connectivity index (χ4n) is 4.16. The highest BCUT2D eigenvalue weighted by atomic mass is 32.2. The second-order valence-electron chi connectivity index (χ2n) is 7.41. The van der Waals surface area contributed by atoms with E-state index in [-0.39, 0.29) is 48.3 Å². The van der Waals surface area contributed by atoms with E-state index in [2.05, 4.69) is 5.32 Å². The summed E-state index contributed by atoms with van der Waals surface area (Å²) in [6.07, 6.45) is -0.711. The Morgan fingerprint density at radius 2 is 2.04 bits per heavy atom. The first kappa shape index (κ1) is 18.2. The van der Waals surface area contributed by atoms with Crippen molar-refractivity contribution in [2.45, 2.75) is 25.4 Å². The summed E-state index contributed by atoms with van der Waals surface area (Å²) in [6.45, 7) is 2.18. The number of rotatable bonds is 5. The second kappa shape index (κ2) is 6.47. The lowest BCUT2D eigenvalue weighted by atomic mass is 10.1. The summed E-state index contributed by atoms with van der Waals surface area (Å²) in [7, 11) is -2.97. The number of nitrogens with one attached hydrogen (secondary N) is 1. The minimum atomic E-state index is -2.97.